The van der Waals surface area contributed by atoms with Crippen molar-refractivity contribution in [2.24, 2.45) is 0 Å². The van der Waals surface area contributed by atoms with Gasteiger partial charge in [-0.15, -0.1) is 0 Å². The van der Waals surface area contributed by atoms with Crippen LogP contribution in [0.25, 0.3) is 0 Å². The summed E-state index contributed by atoms with van der Waals surface area (Å²) in [5.74, 6) is -0.512. The van der Waals surface area contributed by atoms with Crippen LogP contribution in [0, 0.1) is 0 Å². The molecule has 0 amide bonds. The van der Waals surface area contributed by atoms with Gasteiger partial charge in [-0.25, -0.2) is 0 Å². The standard InChI is InChI=1S/C9H20O6Si/c1-5-8(9(12)7(11)6-10)16(13-2,14-3)15-4/h7-8,10-11H,5-6H2,1-4H3. The summed E-state index contributed by atoms with van der Waals surface area (Å²) >= 11 is 0. The van der Waals surface area contributed by atoms with Crippen LogP contribution in [0.5, 0.6) is 0 Å². The summed E-state index contributed by atoms with van der Waals surface area (Å²) in [6, 6.07) is 0. The summed E-state index contributed by atoms with van der Waals surface area (Å²) in [7, 11) is 1.10. The Morgan fingerprint density at radius 3 is 1.94 bits per heavy atom. The van der Waals surface area contributed by atoms with E-state index in [0.717, 1.165) is 0 Å². The van der Waals surface area contributed by atoms with Crippen LogP contribution in [0.15, 0.2) is 0 Å². The van der Waals surface area contributed by atoms with Gasteiger partial charge in [-0.05, 0) is 6.42 Å². The topological polar surface area (TPSA) is 85.2 Å². The minimum Gasteiger partial charge on any atom is -0.393 e. The van der Waals surface area contributed by atoms with Gasteiger partial charge in [0.2, 0.25) is 0 Å². The van der Waals surface area contributed by atoms with Gasteiger partial charge in [-0.3, -0.25) is 4.79 Å². The summed E-state index contributed by atoms with van der Waals surface area (Å²) in [5, 5.41) is 18.1. The molecule has 0 aromatic heterocycles. The van der Waals surface area contributed by atoms with E-state index in [1.807, 2.05) is 0 Å². The first-order valence-corrected chi connectivity index (χ1v) is 6.81. The van der Waals surface area contributed by atoms with Gasteiger partial charge in [0, 0.05) is 21.3 Å². The first-order chi connectivity index (χ1) is 7.52. The van der Waals surface area contributed by atoms with Crippen LogP contribution in [0.4, 0.5) is 0 Å². The molecule has 0 rings (SSSR count). The Bertz CT molecular complexity index is 210. The zero-order valence-corrected chi connectivity index (χ0v) is 11.1. The molecule has 0 aliphatic carbocycles. The van der Waals surface area contributed by atoms with Crippen LogP contribution in [-0.4, -0.2) is 58.8 Å². The lowest BCUT2D eigenvalue weighted by molar-refractivity contribution is -0.130. The van der Waals surface area contributed by atoms with E-state index < -0.39 is 32.8 Å². The molecule has 0 aromatic rings. The highest BCUT2D eigenvalue weighted by atomic mass is 28.4. The van der Waals surface area contributed by atoms with Crippen LogP contribution in [0.1, 0.15) is 13.3 Å². The van der Waals surface area contributed by atoms with E-state index in [-0.39, 0.29) is 0 Å². The minimum absolute atomic E-state index is 0.414. The fourth-order valence-electron chi connectivity index (χ4n) is 1.62. The second-order valence-electron chi connectivity index (χ2n) is 3.28. The van der Waals surface area contributed by atoms with Crippen molar-refractivity contribution in [1.82, 2.24) is 0 Å². The number of carbonyl (C=O) groups is 1. The Morgan fingerprint density at radius 2 is 1.69 bits per heavy atom. The molecule has 2 N–H and O–H groups in total. The highest BCUT2D eigenvalue weighted by Crippen LogP contribution is 2.29. The maximum atomic E-state index is 11.8. The molecule has 0 radical (unpaired) electrons. The lowest BCUT2D eigenvalue weighted by Crippen LogP contribution is -2.52. The molecule has 7 heteroatoms. The van der Waals surface area contributed by atoms with Gasteiger partial charge in [-0.2, -0.15) is 0 Å². The largest absolute Gasteiger partial charge is 0.511 e. The van der Waals surface area contributed by atoms with Crippen LogP contribution in [0.2, 0.25) is 5.54 Å². The molecular weight excluding hydrogens is 232 g/mol. The maximum absolute atomic E-state index is 11.8. The molecular formula is C9H20O6Si. The third-order valence-electron chi connectivity index (χ3n) is 2.53. The Kier molecular flexibility index (Phi) is 6.96. The zero-order valence-electron chi connectivity index (χ0n) is 10.1. The molecule has 6 nitrogen and oxygen atoms in total. The molecule has 0 aliphatic heterocycles. The molecule has 0 heterocycles. The third-order valence-corrected chi connectivity index (χ3v) is 5.79. The van der Waals surface area contributed by atoms with Gasteiger partial charge in [-0.1, -0.05) is 6.92 Å². The lowest BCUT2D eigenvalue weighted by Gasteiger charge is -2.31. The normalized spacial score (nSPS) is 15.9. The van der Waals surface area contributed by atoms with E-state index in [1.165, 1.54) is 21.3 Å². The van der Waals surface area contributed by atoms with E-state index in [2.05, 4.69) is 0 Å². The Balaban J connectivity index is 5.00. The van der Waals surface area contributed by atoms with Crippen molar-refractivity contribution in [3.63, 3.8) is 0 Å². The van der Waals surface area contributed by atoms with Crippen molar-refractivity contribution in [3.05, 3.63) is 0 Å². The summed E-state index contributed by atoms with van der Waals surface area (Å²) < 4.78 is 15.6. The Hall–Kier alpha value is -0.313. The number of carbonyl (C=O) groups excluding carboxylic acids is 1. The second kappa shape index (κ2) is 7.10. The van der Waals surface area contributed by atoms with Crippen molar-refractivity contribution in [3.8, 4) is 0 Å². The molecule has 96 valence electrons. The minimum atomic E-state index is -3.11. The molecule has 2 atom stereocenters. The molecule has 0 aliphatic rings. The summed E-state index contributed by atoms with van der Waals surface area (Å²) in [6.45, 7) is 1.16. The molecule has 0 fully saturated rings. The van der Waals surface area contributed by atoms with E-state index >= 15 is 0 Å². The number of aliphatic hydroxyl groups is 2. The Labute approximate surface area is 96.5 Å². The first-order valence-electron chi connectivity index (χ1n) is 5.01. The molecule has 0 saturated heterocycles. The number of rotatable bonds is 8. The lowest BCUT2D eigenvalue weighted by atomic mass is 10.1. The highest BCUT2D eigenvalue weighted by Gasteiger charge is 2.51. The molecule has 16 heavy (non-hydrogen) atoms. The van der Waals surface area contributed by atoms with Gasteiger partial charge in [0.1, 0.15) is 6.10 Å². The van der Waals surface area contributed by atoms with E-state index in [4.69, 9.17) is 18.4 Å². The van der Waals surface area contributed by atoms with E-state index in [1.54, 1.807) is 6.92 Å². The first kappa shape index (κ1) is 15.7. The van der Waals surface area contributed by atoms with Gasteiger partial charge < -0.3 is 23.5 Å². The quantitative estimate of drug-likeness (QED) is 0.570. The average Bonchev–Trinajstić information content (AvgIpc) is 2.34. The predicted molar refractivity (Wildman–Crippen MR) is 58.9 cm³/mol. The van der Waals surface area contributed by atoms with Gasteiger partial charge in [0.15, 0.2) is 5.78 Å². The number of aliphatic hydroxyl groups excluding tert-OH is 2. The third kappa shape index (κ3) is 3.09. The Morgan fingerprint density at radius 1 is 1.25 bits per heavy atom. The number of ketones is 1. The van der Waals surface area contributed by atoms with E-state index in [0.29, 0.717) is 6.42 Å². The molecule has 0 aromatic carbocycles. The van der Waals surface area contributed by atoms with Crippen molar-refractivity contribution in [1.29, 1.82) is 0 Å². The summed E-state index contributed by atoms with van der Waals surface area (Å²) in [4.78, 5) is 11.8. The van der Waals surface area contributed by atoms with Crippen LogP contribution in [0.3, 0.4) is 0 Å². The monoisotopic (exact) mass is 252 g/mol. The van der Waals surface area contributed by atoms with Crippen molar-refractivity contribution < 1.29 is 28.3 Å². The van der Waals surface area contributed by atoms with Crippen molar-refractivity contribution >= 4 is 14.6 Å². The average molecular weight is 252 g/mol. The molecule has 0 saturated carbocycles. The molecule has 0 spiro atoms. The number of hydrogen-bond acceptors (Lipinski definition) is 6. The second-order valence-corrected chi connectivity index (χ2v) is 6.41. The maximum Gasteiger partial charge on any atom is 0.511 e. The molecule has 2 unspecified atom stereocenters. The van der Waals surface area contributed by atoms with Crippen LogP contribution < -0.4 is 0 Å². The predicted octanol–water partition coefficient (Wildman–Crippen LogP) is -0.433. The fraction of sp³-hybridized carbons (Fsp3) is 0.889. The zero-order chi connectivity index (χ0) is 12.8. The SMILES string of the molecule is CCC(C(=O)C(O)CO)[Si](OC)(OC)OC. The highest BCUT2D eigenvalue weighted by molar-refractivity contribution is 6.66. The number of Topliss-reactive ketones (excluding diaryl/α,β-unsaturated/α-hetero) is 1. The van der Waals surface area contributed by atoms with Crippen LogP contribution in [-0.2, 0) is 18.1 Å². The van der Waals surface area contributed by atoms with Gasteiger partial charge in [0.05, 0.1) is 12.1 Å². The van der Waals surface area contributed by atoms with Gasteiger partial charge in [0.25, 0.3) is 0 Å². The van der Waals surface area contributed by atoms with Crippen LogP contribution >= 0.6 is 0 Å². The van der Waals surface area contributed by atoms with E-state index in [9.17, 15) is 9.90 Å². The molecule has 0 bridgehead atoms. The van der Waals surface area contributed by atoms with Crippen molar-refractivity contribution in [2.75, 3.05) is 27.9 Å². The smallest absolute Gasteiger partial charge is 0.393 e. The fourth-order valence-corrected chi connectivity index (χ4v) is 4.02. The number of hydrogen-bond donors (Lipinski definition) is 2. The summed E-state index contributed by atoms with van der Waals surface area (Å²) in [6.07, 6.45) is -1.00. The van der Waals surface area contributed by atoms with Crippen molar-refractivity contribution in [2.45, 2.75) is 25.0 Å². The van der Waals surface area contributed by atoms with Gasteiger partial charge >= 0.3 is 8.80 Å². The summed E-state index contributed by atoms with van der Waals surface area (Å²) in [5.41, 5.74) is -0.672.